The van der Waals surface area contributed by atoms with Gasteiger partial charge in [0.15, 0.2) is 5.82 Å². The maximum atomic E-state index is 4.43. The van der Waals surface area contributed by atoms with Crippen LogP contribution < -0.4 is 5.32 Å². The van der Waals surface area contributed by atoms with Crippen molar-refractivity contribution >= 4 is 5.82 Å². The third kappa shape index (κ3) is 2.50. The highest BCUT2D eigenvalue weighted by Gasteiger charge is 2.24. The lowest BCUT2D eigenvalue weighted by Crippen LogP contribution is -2.16. The molecule has 3 nitrogen and oxygen atoms in total. The van der Waals surface area contributed by atoms with Crippen molar-refractivity contribution < 1.29 is 0 Å². The molecule has 1 aliphatic rings. The molecule has 1 aromatic carbocycles. The van der Waals surface area contributed by atoms with Crippen LogP contribution in [0.5, 0.6) is 0 Å². The number of aryl methyl sites for hydroxylation is 1. The van der Waals surface area contributed by atoms with Crippen LogP contribution in [0.15, 0.2) is 30.3 Å². The predicted octanol–water partition coefficient (Wildman–Crippen LogP) is 3.50. The maximum absolute atomic E-state index is 4.43. The molecule has 0 bridgehead atoms. The molecule has 0 aliphatic heterocycles. The second-order valence-corrected chi connectivity index (χ2v) is 5.68. The van der Waals surface area contributed by atoms with Crippen molar-refractivity contribution in [2.24, 2.45) is 0 Å². The molecule has 1 unspecified atom stereocenters. The quantitative estimate of drug-likeness (QED) is 0.881. The Balaban J connectivity index is 1.84. The van der Waals surface area contributed by atoms with Gasteiger partial charge in [-0.3, -0.25) is 5.10 Å². The average molecular weight is 255 g/mol. The lowest BCUT2D eigenvalue weighted by molar-refractivity contribution is 0.579. The van der Waals surface area contributed by atoms with Crippen molar-refractivity contribution in [1.29, 1.82) is 0 Å². The predicted molar refractivity (Wildman–Crippen MR) is 78.6 cm³/mol. The first-order chi connectivity index (χ1) is 9.24. The van der Waals surface area contributed by atoms with Crippen LogP contribution in [-0.2, 0) is 12.8 Å². The van der Waals surface area contributed by atoms with Crippen molar-refractivity contribution in [1.82, 2.24) is 10.2 Å². The van der Waals surface area contributed by atoms with Gasteiger partial charge in [0.05, 0.1) is 0 Å². The van der Waals surface area contributed by atoms with Crippen LogP contribution in [0.25, 0.3) is 0 Å². The summed E-state index contributed by atoms with van der Waals surface area (Å²) in [6.07, 6.45) is 3.40. The molecule has 3 heteroatoms. The number of aromatic amines is 1. The monoisotopic (exact) mass is 255 g/mol. The van der Waals surface area contributed by atoms with Crippen LogP contribution in [0, 0.1) is 0 Å². The fourth-order valence-corrected chi connectivity index (χ4v) is 2.90. The molecular weight excluding hydrogens is 234 g/mol. The number of hydrogen-bond donors (Lipinski definition) is 2. The summed E-state index contributed by atoms with van der Waals surface area (Å²) in [6.45, 7) is 4.30. The smallest absolute Gasteiger partial charge is 0.151 e. The lowest BCUT2D eigenvalue weighted by atomic mass is 9.82. The summed E-state index contributed by atoms with van der Waals surface area (Å²) < 4.78 is 0. The van der Waals surface area contributed by atoms with Gasteiger partial charge >= 0.3 is 0 Å². The van der Waals surface area contributed by atoms with E-state index in [0.29, 0.717) is 12.0 Å². The summed E-state index contributed by atoms with van der Waals surface area (Å²) in [5.41, 5.74) is 4.15. The van der Waals surface area contributed by atoms with E-state index >= 15 is 0 Å². The minimum Gasteiger partial charge on any atom is -0.366 e. The zero-order valence-electron chi connectivity index (χ0n) is 11.6. The van der Waals surface area contributed by atoms with Gasteiger partial charge in [-0.05, 0) is 44.6 Å². The normalized spacial score (nSPS) is 18.4. The standard InChI is InChI=1S/C16H21N3/c1-11(2)17-16-14-10-13(8-9-15(14)18-19-16)12-6-4-3-5-7-12/h3-7,11,13H,8-10H2,1-2H3,(H2,17,18,19). The Bertz CT molecular complexity index is 542. The summed E-state index contributed by atoms with van der Waals surface area (Å²) in [5, 5.41) is 11.1. The van der Waals surface area contributed by atoms with E-state index < -0.39 is 0 Å². The highest BCUT2D eigenvalue weighted by atomic mass is 15.2. The number of nitrogens with one attached hydrogen (secondary N) is 2. The van der Waals surface area contributed by atoms with Crippen LogP contribution >= 0.6 is 0 Å². The molecule has 0 amide bonds. The Morgan fingerprint density at radius 1 is 1.26 bits per heavy atom. The summed E-state index contributed by atoms with van der Waals surface area (Å²) >= 11 is 0. The fourth-order valence-electron chi connectivity index (χ4n) is 2.90. The number of H-pyrrole nitrogens is 1. The molecule has 0 fully saturated rings. The molecular formula is C16H21N3. The van der Waals surface area contributed by atoms with E-state index in [1.54, 1.807) is 0 Å². The van der Waals surface area contributed by atoms with Gasteiger partial charge in [-0.15, -0.1) is 0 Å². The molecule has 0 saturated carbocycles. The van der Waals surface area contributed by atoms with Crippen molar-refractivity contribution in [2.75, 3.05) is 5.32 Å². The first kappa shape index (κ1) is 12.3. The van der Waals surface area contributed by atoms with E-state index in [-0.39, 0.29) is 0 Å². The largest absolute Gasteiger partial charge is 0.366 e. The molecule has 0 radical (unpaired) electrons. The second kappa shape index (κ2) is 5.08. The van der Waals surface area contributed by atoms with Crippen molar-refractivity contribution in [3.05, 3.63) is 47.2 Å². The average Bonchev–Trinajstić information content (AvgIpc) is 2.82. The number of hydrogen-bond acceptors (Lipinski definition) is 2. The second-order valence-electron chi connectivity index (χ2n) is 5.68. The van der Waals surface area contributed by atoms with Gasteiger partial charge in [0.25, 0.3) is 0 Å². The number of anilines is 1. The van der Waals surface area contributed by atoms with E-state index in [9.17, 15) is 0 Å². The summed E-state index contributed by atoms with van der Waals surface area (Å²) in [4.78, 5) is 0. The number of nitrogens with zero attached hydrogens (tertiary/aromatic N) is 1. The molecule has 3 rings (SSSR count). The van der Waals surface area contributed by atoms with Gasteiger partial charge in [-0.1, -0.05) is 30.3 Å². The molecule has 1 heterocycles. The zero-order valence-corrected chi connectivity index (χ0v) is 11.6. The number of fused-ring (bicyclic) bond motifs is 1. The van der Waals surface area contributed by atoms with Crippen LogP contribution in [0.2, 0.25) is 0 Å². The molecule has 2 N–H and O–H groups in total. The minimum atomic E-state index is 0.421. The summed E-state index contributed by atoms with van der Waals surface area (Å²) in [7, 11) is 0. The van der Waals surface area contributed by atoms with E-state index in [1.807, 2.05) is 0 Å². The van der Waals surface area contributed by atoms with Gasteiger partial charge in [0.2, 0.25) is 0 Å². The highest BCUT2D eigenvalue weighted by molar-refractivity contribution is 5.49. The molecule has 0 saturated heterocycles. The van der Waals surface area contributed by atoms with Crippen LogP contribution in [0.4, 0.5) is 5.82 Å². The van der Waals surface area contributed by atoms with Gasteiger partial charge in [-0.25, -0.2) is 0 Å². The first-order valence-electron chi connectivity index (χ1n) is 7.11. The van der Waals surface area contributed by atoms with Crippen molar-refractivity contribution in [3.63, 3.8) is 0 Å². The van der Waals surface area contributed by atoms with E-state index in [4.69, 9.17) is 0 Å². The highest BCUT2D eigenvalue weighted by Crippen LogP contribution is 2.34. The third-order valence-corrected chi connectivity index (χ3v) is 3.84. The number of benzene rings is 1. The van der Waals surface area contributed by atoms with Crippen molar-refractivity contribution in [3.8, 4) is 0 Å². The van der Waals surface area contributed by atoms with Gasteiger partial charge in [0.1, 0.15) is 0 Å². The Morgan fingerprint density at radius 2 is 2.05 bits per heavy atom. The van der Waals surface area contributed by atoms with Crippen molar-refractivity contribution in [2.45, 2.75) is 45.1 Å². The van der Waals surface area contributed by atoms with Gasteiger partial charge in [-0.2, -0.15) is 5.10 Å². The number of rotatable bonds is 3. The van der Waals surface area contributed by atoms with Crippen LogP contribution in [-0.4, -0.2) is 16.2 Å². The Morgan fingerprint density at radius 3 is 2.79 bits per heavy atom. The van der Waals surface area contributed by atoms with Gasteiger partial charge < -0.3 is 5.32 Å². The molecule has 1 aliphatic carbocycles. The molecule has 100 valence electrons. The first-order valence-corrected chi connectivity index (χ1v) is 7.11. The van der Waals surface area contributed by atoms with E-state index in [1.165, 1.54) is 23.2 Å². The summed E-state index contributed by atoms with van der Waals surface area (Å²) in [5.74, 6) is 1.67. The van der Waals surface area contributed by atoms with E-state index in [2.05, 4.69) is 59.7 Å². The van der Waals surface area contributed by atoms with E-state index in [0.717, 1.165) is 18.7 Å². The maximum Gasteiger partial charge on any atom is 0.151 e. The molecule has 2 aromatic rings. The minimum absolute atomic E-state index is 0.421. The van der Waals surface area contributed by atoms with Crippen LogP contribution in [0.1, 0.15) is 43.0 Å². The Labute approximate surface area is 114 Å². The summed E-state index contributed by atoms with van der Waals surface area (Å²) in [6, 6.07) is 11.3. The van der Waals surface area contributed by atoms with Gasteiger partial charge in [0, 0.05) is 17.3 Å². The fraction of sp³-hybridized carbons (Fsp3) is 0.438. The lowest BCUT2D eigenvalue weighted by Gasteiger charge is -2.23. The molecule has 0 spiro atoms. The molecule has 19 heavy (non-hydrogen) atoms. The molecule has 1 atom stereocenters. The Kier molecular flexibility index (Phi) is 3.28. The van der Waals surface area contributed by atoms with Crippen LogP contribution in [0.3, 0.4) is 0 Å². The SMILES string of the molecule is CC(C)Nc1n[nH]c2c1CC(c1ccccc1)CC2. The number of aromatic nitrogens is 2. The Hall–Kier alpha value is -1.77. The zero-order chi connectivity index (χ0) is 13.2. The topological polar surface area (TPSA) is 40.7 Å². The molecule has 1 aromatic heterocycles. The third-order valence-electron chi connectivity index (χ3n) is 3.84.